The van der Waals surface area contributed by atoms with Crippen molar-refractivity contribution >= 4 is 23.5 Å². The van der Waals surface area contributed by atoms with Crippen LogP contribution in [0.4, 0.5) is 10.6 Å². The van der Waals surface area contributed by atoms with Crippen LogP contribution in [-0.4, -0.2) is 52.4 Å². The van der Waals surface area contributed by atoms with E-state index < -0.39 is 0 Å². The van der Waals surface area contributed by atoms with Crippen molar-refractivity contribution in [2.75, 3.05) is 25.5 Å². The molecule has 3 heterocycles. The normalized spacial score (nSPS) is 15.2. The summed E-state index contributed by atoms with van der Waals surface area (Å²) in [6.45, 7) is 9.05. The Morgan fingerprint density at radius 2 is 1.96 bits per heavy atom. The molecule has 1 amide bonds. The van der Waals surface area contributed by atoms with Crippen molar-refractivity contribution in [3.63, 3.8) is 0 Å². The molecule has 0 aromatic carbocycles. The number of aryl methyl sites for hydroxylation is 2. The Labute approximate surface area is 169 Å². The fourth-order valence-corrected chi connectivity index (χ4v) is 3.57. The molecule has 28 heavy (non-hydrogen) atoms. The predicted octanol–water partition coefficient (Wildman–Crippen LogP) is 4.17. The van der Waals surface area contributed by atoms with Crippen molar-refractivity contribution in [3.8, 4) is 11.3 Å². The molecule has 1 fully saturated rings. The van der Waals surface area contributed by atoms with E-state index in [-0.39, 0.29) is 18.1 Å². The van der Waals surface area contributed by atoms with E-state index in [1.807, 2.05) is 27.7 Å². The number of carbonyl (C=O) groups is 1. The van der Waals surface area contributed by atoms with Crippen LogP contribution in [0.5, 0.6) is 0 Å². The zero-order chi connectivity index (χ0) is 20.4. The van der Waals surface area contributed by atoms with E-state index in [1.165, 1.54) is 7.11 Å². The molecule has 0 aliphatic carbocycles. The maximum absolute atomic E-state index is 11.7. The summed E-state index contributed by atoms with van der Waals surface area (Å²) in [4.78, 5) is 22.7. The van der Waals surface area contributed by atoms with E-state index in [0.29, 0.717) is 41.2 Å². The van der Waals surface area contributed by atoms with Crippen molar-refractivity contribution in [2.24, 2.45) is 0 Å². The molecule has 1 aliphatic heterocycles. The lowest BCUT2D eigenvalue weighted by molar-refractivity contribution is 0.113. The van der Waals surface area contributed by atoms with E-state index in [4.69, 9.17) is 20.9 Å². The third kappa shape index (κ3) is 4.06. The summed E-state index contributed by atoms with van der Waals surface area (Å²) in [5, 5.41) is 7.93. The summed E-state index contributed by atoms with van der Waals surface area (Å²) in [6.07, 6.45) is 1.28. The number of methoxy groups -OCH3 is 1. The number of piperidine rings is 1. The highest BCUT2D eigenvalue weighted by Gasteiger charge is 2.26. The fourth-order valence-electron chi connectivity index (χ4n) is 3.33. The van der Waals surface area contributed by atoms with Crippen LogP contribution in [0.3, 0.4) is 0 Å². The molecule has 1 saturated heterocycles. The number of hydrogen-bond donors (Lipinski definition) is 1. The van der Waals surface area contributed by atoms with Gasteiger partial charge >= 0.3 is 6.09 Å². The molecule has 0 bridgehead atoms. The van der Waals surface area contributed by atoms with Gasteiger partial charge in [-0.3, -0.25) is 0 Å². The van der Waals surface area contributed by atoms with Crippen LogP contribution >= 0.6 is 11.6 Å². The molecule has 0 saturated carbocycles. The number of amides is 1. The molecule has 2 aromatic heterocycles. The van der Waals surface area contributed by atoms with Gasteiger partial charge in [-0.05, 0) is 26.7 Å². The molecular formula is C19H26ClN5O3. The van der Waals surface area contributed by atoms with Crippen LogP contribution in [-0.2, 0) is 4.74 Å². The lowest BCUT2D eigenvalue weighted by atomic mass is 10.0. The number of likely N-dealkylation sites (tertiary alicyclic amines) is 1. The largest absolute Gasteiger partial charge is 0.453 e. The van der Waals surface area contributed by atoms with E-state index in [2.05, 4.69) is 20.4 Å². The van der Waals surface area contributed by atoms with E-state index in [9.17, 15) is 4.79 Å². The van der Waals surface area contributed by atoms with E-state index in [0.717, 1.165) is 24.1 Å². The van der Waals surface area contributed by atoms with Crippen molar-refractivity contribution in [3.05, 3.63) is 22.3 Å². The summed E-state index contributed by atoms with van der Waals surface area (Å²) in [6, 6.07) is 0.158. The van der Waals surface area contributed by atoms with Gasteiger partial charge in [-0.25, -0.2) is 14.8 Å². The fraction of sp³-hybridized carbons (Fsp3) is 0.579. The third-order valence-corrected chi connectivity index (χ3v) is 5.28. The molecule has 0 spiro atoms. The number of halogens is 1. The third-order valence-electron chi connectivity index (χ3n) is 4.92. The minimum Gasteiger partial charge on any atom is -0.453 e. The van der Waals surface area contributed by atoms with Gasteiger partial charge in [0.1, 0.15) is 28.1 Å². The van der Waals surface area contributed by atoms with Gasteiger partial charge in [0.05, 0.1) is 18.4 Å². The van der Waals surface area contributed by atoms with Crippen molar-refractivity contribution in [2.45, 2.75) is 52.5 Å². The Hall–Kier alpha value is -2.35. The summed E-state index contributed by atoms with van der Waals surface area (Å²) in [5.41, 5.74) is 2.18. The molecule has 1 aliphatic rings. The average molecular weight is 408 g/mol. The number of anilines is 1. The van der Waals surface area contributed by atoms with Gasteiger partial charge in [0.2, 0.25) is 0 Å². The SMILES string of the molecule is COC(=O)N1CCC(Nc2nc(C(C)C)nc(-c3c(C)noc3C)c2Cl)CC1. The van der Waals surface area contributed by atoms with Gasteiger partial charge in [-0.15, -0.1) is 0 Å². The summed E-state index contributed by atoms with van der Waals surface area (Å²) >= 11 is 6.70. The minimum atomic E-state index is -0.290. The first-order valence-electron chi connectivity index (χ1n) is 9.41. The van der Waals surface area contributed by atoms with Crippen LogP contribution in [0.15, 0.2) is 4.52 Å². The number of aromatic nitrogens is 3. The number of carbonyl (C=O) groups excluding carboxylic acids is 1. The van der Waals surface area contributed by atoms with Gasteiger partial charge in [-0.1, -0.05) is 30.6 Å². The van der Waals surface area contributed by atoms with Gasteiger partial charge in [0, 0.05) is 25.0 Å². The number of hydrogen-bond acceptors (Lipinski definition) is 7. The maximum Gasteiger partial charge on any atom is 0.409 e. The van der Waals surface area contributed by atoms with Gasteiger partial charge in [-0.2, -0.15) is 0 Å². The highest BCUT2D eigenvalue weighted by molar-refractivity contribution is 6.35. The second-order valence-electron chi connectivity index (χ2n) is 7.32. The van der Waals surface area contributed by atoms with Crippen LogP contribution in [0.1, 0.15) is 49.9 Å². The smallest absolute Gasteiger partial charge is 0.409 e. The molecular weight excluding hydrogens is 382 g/mol. The standard InChI is InChI=1S/C19H26ClN5O3/c1-10(2)17-22-16(14-11(3)24-28-12(14)4)15(20)18(23-17)21-13-6-8-25(9-7-13)19(26)27-5/h10,13H,6-9H2,1-5H3,(H,21,22,23). The maximum atomic E-state index is 11.7. The molecule has 8 nitrogen and oxygen atoms in total. The molecule has 3 rings (SSSR count). The van der Waals surface area contributed by atoms with Gasteiger partial charge in [0.15, 0.2) is 0 Å². The monoisotopic (exact) mass is 407 g/mol. The van der Waals surface area contributed by atoms with Crippen LogP contribution in [0.2, 0.25) is 5.02 Å². The molecule has 1 N–H and O–H groups in total. The molecule has 0 atom stereocenters. The Balaban J connectivity index is 1.88. The molecule has 2 aromatic rings. The Bertz CT molecular complexity index is 840. The van der Waals surface area contributed by atoms with Crippen molar-refractivity contribution < 1.29 is 14.1 Å². The molecule has 9 heteroatoms. The zero-order valence-electron chi connectivity index (χ0n) is 16.9. The quantitative estimate of drug-likeness (QED) is 0.812. The minimum absolute atomic E-state index is 0.137. The van der Waals surface area contributed by atoms with Crippen LogP contribution < -0.4 is 5.32 Å². The lowest BCUT2D eigenvalue weighted by Crippen LogP contribution is -2.42. The van der Waals surface area contributed by atoms with Crippen LogP contribution in [0, 0.1) is 13.8 Å². The Morgan fingerprint density at radius 3 is 2.50 bits per heavy atom. The van der Waals surface area contributed by atoms with Crippen molar-refractivity contribution in [1.29, 1.82) is 0 Å². The first-order chi connectivity index (χ1) is 13.3. The van der Waals surface area contributed by atoms with Gasteiger partial charge in [0.25, 0.3) is 0 Å². The number of nitrogens with zero attached hydrogens (tertiary/aromatic N) is 4. The summed E-state index contributed by atoms with van der Waals surface area (Å²) in [5.74, 6) is 2.11. The molecule has 0 unspecified atom stereocenters. The average Bonchev–Trinajstić information content (AvgIpc) is 3.01. The van der Waals surface area contributed by atoms with E-state index in [1.54, 1.807) is 4.90 Å². The highest BCUT2D eigenvalue weighted by Crippen LogP contribution is 2.36. The Morgan fingerprint density at radius 1 is 1.29 bits per heavy atom. The second kappa shape index (κ2) is 8.34. The first-order valence-corrected chi connectivity index (χ1v) is 9.79. The number of ether oxygens (including phenoxy) is 1. The van der Waals surface area contributed by atoms with Gasteiger partial charge < -0.3 is 19.5 Å². The predicted molar refractivity (Wildman–Crippen MR) is 107 cm³/mol. The molecule has 0 radical (unpaired) electrons. The summed E-state index contributed by atoms with van der Waals surface area (Å²) in [7, 11) is 1.40. The van der Waals surface area contributed by atoms with Crippen LogP contribution in [0.25, 0.3) is 11.3 Å². The Kier molecular flexibility index (Phi) is 6.07. The van der Waals surface area contributed by atoms with Crippen molar-refractivity contribution in [1.82, 2.24) is 20.0 Å². The molecule has 152 valence electrons. The number of rotatable bonds is 4. The lowest BCUT2D eigenvalue weighted by Gasteiger charge is -2.32. The first kappa shape index (κ1) is 20.4. The summed E-state index contributed by atoms with van der Waals surface area (Å²) < 4.78 is 10.1. The number of nitrogens with one attached hydrogen (secondary N) is 1. The zero-order valence-corrected chi connectivity index (χ0v) is 17.6. The highest BCUT2D eigenvalue weighted by atomic mass is 35.5. The topological polar surface area (TPSA) is 93.4 Å². The van der Waals surface area contributed by atoms with E-state index >= 15 is 0 Å². The second-order valence-corrected chi connectivity index (χ2v) is 7.70.